The molecule has 1 N–H and O–H groups in total. The second-order valence-electron chi connectivity index (χ2n) is 37.8. The summed E-state index contributed by atoms with van der Waals surface area (Å²) in [5.74, 6) is 14.0. The molecular formula is C97H214B2N6OSc5Si6. The summed E-state index contributed by atoms with van der Waals surface area (Å²) in [4.78, 5) is 12.9. The van der Waals surface area contributed by atoms with E-state index in [0.29, 0.717) is 12.1 Å². The van der Waals surface area contributed by atoms with E-state index in [9.17, 15) is 0 Å². The van der Waals surface area contributed by atoms with Crippen LogP contribution >= 0.6 is 0 Å². The summed E-state index contributed by atoms with van der Waals surface area (Å²) in [5, 5.41) is 0. The van der Waals surface area contributed by atoms with Crippen molar-refractivity contribution in [1.82, 2.24) is 0 Å². The molecule has 117 heavy (non-hydrogen) atoms. The molecule has 1 heterocycles. The predicted molar refractivity (Wildman–Crippen MR) is 558 cm³/mol. The molecule has 0 unspecified atom stereocenters. The Morgan fingerprint density at radius 3 is 0.530 bits per heavy atom. The van der Waals surface area contributed by atoms with Crippen LogP contribution in [0.2, 0.25) is 105 Å². The normalized spacial score (nSPS) is 22.7. The third-order valence-corrected chi connectivity index (χ3v) is 34.4. The van der Waals surface area contributed by atoms with Crippen molar-refractivity contribution in [2.75, 3.05) is 51.2 Å². The molecule has 2 aromatic carbocycles. The predicted octanol–water partition coefficient (Wildman–Crippen LogP) is 32.4. The van der Waals surface area contributed by atoms with Crippen molar-refractivity contribution in [2.24, 2.45) is 88.8 Å². The van der Waals surface area contributed by atoms with Crippen molar-refractivity contribution in [3.63, 3.8) is 0 Å². The first kappa shape index (κ1) is 170. The molecular weight excluding hydrogens is 1680 g/mol. The minimum absolute atomic E-state index is 0. The number of anilines is 2. The molecule has 0 atom stereocenters. The van der Waals surface area contributed by atoms with E-state index >= 15 is 0 Å². The number of hydrogen-bond donors (Lipinski definition) is 0. The number of aliphatic hydroxyl groups is 2. The molecule has 2 aromatic rings. The third kappa shape index (κ3) is 99.8. The van der Waals surface area contributed by atoms with E-state index in [0.717, 1.165) is 113 Å². The van der Waals surface area contributed by atoms with Crippen LogP contribution in [0.15, 0.2) is 48.5 Å². The molecule has 5 saturated carbocycles. The SMILES string of the molecule is C1CCCC1.C1CCCC1.C1CC[OH+]C1.CC(C)[N-][SiH](C)C.CC(C)[N-][SiH](C)C.CC1C(C)C(C)C(C)C1C.CC1C(C)C(C)C(C)C1C.CC1C(C)C(C)C(C)C1C.CCC.CCC.C[Si](C)(C)[N-][Si](C)(C)C.C[Si](C)(C)[N-][Si](C)(C)C.[B].[B].[CH2-]c1ccccc1N(C)C.[CH2-]c1ccccc1N(C)C.[CH3-].[CH3-].[CH3-].[CH3-].[CH3-].[CH3-].[CH3-].[Sc+3].[Sc+3].[Sc+3].[Sc+3].[Sc]. The molecule has 5 aliphatic carbocycles. The Morgan fingerprint density at radius 2 is 0.470 bits per heavy atom. The van der Waals surface area contributed by atoms with E-state index < -0.39 is 50.9 Å². The fraction of sp³-hybridized carbons (Fsp3) is 0.784. The monoisotopic (exact) mass is 1890 g/mol. The molecule has 0 aromatic heterocycles. The summed E-state index contributed by atoms with van der Waals surface area (Å²) in [5.41, 5.74) is 4.52. The second-order valence-corrected chi connectivity index (χ2v) is 62.0. The van der Waals surface area contributed by atoms with Crippen molar-refractivity contribution in [3.05, 3.63) is 145 Å². The zero-order chi connectivity index (χ0) is 81.9. The summed E-state index contributed by atoms with van der Waals surface area (Å²) in [6.07, 6.45) is 20.2. The van der Waals surface area contributed by atoms with Crippen LogP contribution in [0.4, 0.5) is 11.4 Å². The maximum atomic E-state index is 4.82. The molecule has 1 aliphatic heterocycles. The van der Waals surface area contributed by atoms with Crippen molar-refractivity contribution < 1.29 is 134 Å². The fourth-order valence-electron chi connectivity index (χ4n) is 14.6. The first-order valence-electron chi connectivity index (χ1n) is 42.8. The largest absolute Gasteiger partial charge is 3.00 e. The van der Waals surface area contributed by atoms with Crippen molar-refractivity contribution in [1.29, 1.82) is 0 Å². The van der Waals surface area contributed by atoms with Gasteiger partial charge in [0.15, 0.2) is 0 Å². The Morgan fingerprint density at radius 1 is 0.333 bits per heavy atom. The molecule has 7 radical (unpaired) electrons. The minimum Gasteiger partial charge on any atom is -0.668 e. The summed E-state index contributed by atoms with van der Waals surface area (Å²) < 4.78 is 13.7. The Hall–Kier alpha value is 3.36. The quantitative estimate of drug-likeness (QED) is 0.135. The molecule has 0 amide bonds. The van der Waals surface area contributed by atoms with Gasteiger partial charge in [-0.15, -0.1) is 24.2 Å². The van der Waals surface area contributed by atoms with Crippen molar-refractivity contribution in [3.8, 4) is 0 Å². The molecule has 683 valence electrons. The second kappa shape index (κ2) is 96.9. The van der Waals surface area contributed by atoms with Gasteiger partial charge in [0, 0.05) is 55.5 Å². The van der Waals surface area contributed by atoms with Crippen LogP contribution in [-0.4, -0.2) is 126 Å². The zero-order valence-corrected chi connectivity index (χ0v) is 105. The first-order valence-corrected chi connectivity index (χ1v) is 62.2. The number of hydrogen-bond acceptors (Lipinski definition) is 2. The Balaban J connectivity index is -0.0000000482. The summed E-state index contributed by atoms with van der Waals surface area (Å²) in [6.45, 7) is 99.6. The first-order chi connectivity index (χ1) is 47.1. The molecule has 20 heteroatoms. The van der Waals surface area contributed by atoms with Gasteiger partial charge in [-0.2, -0.15) is 37.1 Å². The Kier molecular flexibility index (Phi) is 141. The molecule has 7 nitrogen and oxygen atoms in total. The number of rotatable bonds is 10. The van der Waals surface area contributed by atoms with Crippen LogP contribution < -0.4 is 9.80 Å². The van der Waals surface area contributed by atoms with Crippen LogP contribution in [0.3, 0.4) is 0 Å². The summed E-state index contributed by atoms with van der Waals surface area (Å²) in [7, 11) is 2.44. The fourth-order valence-corrected chi connectivity index (χ4v) is 33.1. The van der Waals surface area contributed by atoms with E-state index in [1.54, 1.807) is 0 Å². The van der Waals surface area contributed by atoms with Gasteiger partial charge < -0.3 is 85.8 Å². The third-order valence-electron chi connectivity index (χ3n) is 21.3. The van der Waals surface area contributed by atoms with Gasteiger partial charge in [-0.25, -0.2) is 0 Å². The van der Waals surface area contributed by atoms with Gasteiger partial charge in [-0.1, -0.05) is 428 Å². The van der Waals surface area contributed by atoms with Crippen LogP contribution in [0.25, 0.3) is 19.3 Å². The van der Waals surface area contributed by atoms with Crippen molar-refractivity contribution in [2.45, 2.75) is 366 Å². The number of benzene rings is 2. The van der Waals surface area contributed by atoms with Crippen LogP contribution in [0.5, 0.6) is 0 Å². The Bertz CT molecular complexity index is 1840. The van der Waals surface area contributed by atoms with Crippen LogP contribution in [-0.2, 0) is 129 Å². The maximum absolute atomic E-state index is 4.82. The minimum atomic E-state index is -1.11. The average Bonchev–Trinajstić information content (AvgIpc) is 1.69. The van der Waals surface area contributed by atoms with Gasteiger partial charge in [0.2, 0.25) is 0 Å². The molecule has 6 fully saturated rings. The topological polar surface area (TPSA) is 75.7 Å². The van der Waals surface area contributed by atoms with Gasteiger partial charge in [-0.05, 0) is 117 Å². The molecule has 6 aliphatic rings. The summed E-state index contributed by atoms with van der Waals surface area (Å²) >= 11 is 0. The van der Waals surface area contributed by atoms with E-state index in [2.05, 4.69) is 314 Å². The van der Waals surface area contributed by atoms with Crippen LogP contribution in [0, 0.1) is 155 Å². The average molecular weight is 1900 g/mol. The van der Waals surface area contributed by atoms with Gasteiger partial charge in [-0.3, -0.25) is 0 Å². The number of nitrogens with zero attached hydrogens (tertiary/aromatic N) is 6. The van der Waals surface area contributed by atoms with Gasteiger partial charge in [0.1, 0.15) is 13.2 Å². The van der Waals surface area contributed by atoms with Gasteiger partial charge in [0.05, 0.1) is 0 Å². The smallest absolute Gasteiger partial charge is 0.668 e. The molecule has 0 spiro atoms. The maximum Gasteiger partial charge on any atom is 3.00 e. The van der Waals surface area contributed by atoms with E-state index in [-0.39, 0.29) is 198 Å². The molecule has 1 saturated heterocycles. The van der Waals surface area contributed by atoms with E-state index in [1.807, 2.05) is 64.6 Å². The standard InChI is InChI=1S/3C10H20.2C9H12N.2C6H18NSi2.2C5H14NSi.2C5H10.C4H8O.2C3H8.7CH3.2B.5Sc/c3*1-6-7(2)9(4)10(5)8(6)3;2*1-8-6-4-5-7-9(8)10(2)3;2*1-8(2,3)7-9(4,5)6;2*1-5(2)6-7(3)4;3*1-2-4-5-3-1;2*1-3-2;;;;;;;;;;;;;;/h3*6-10H,1-5H3;2*4-7H,1H2,2-3H3;2*1-6H3;2*5,7H,1-4H3;2*1-5H2;1-4H2;2*3H2,1-2H3;7*1H3;;;;;;;/q;;;6*-1;;;;;;7*-1;;;;4*+3/p+1. The van der Waals surface area contributed by atoms with E-state index in [1.165, 1.54) is 101 Å². The molecule has 0 bridgehead atoms. The summed E-state index contributed by atoms with van der Waals surface area (Å²) in [6, 6.07) is 17.3. The van der Waals surface area contributed by atoms with Gasteiger partial charge in [0.25, 0.3) is 0 Å². The Labute approximate surface area is 854 Å². The molecule has 8 rings (SSSR count). The zero-order valence-electron chi connectivity index (χ0n) is 89.5. The van der Waals surface area contributed by atoms with Crippen LogP contribution in [0.1, 0.15) is 260 Å². The number of para-hydroxylation sites is 2. The van der Waals surface area contributed by atoms with Gasteiger partial charge >= 0.3 is 103 Å². The van der Waals surface area contributed by atoms with Crippen molar-refractivity contribution >= 4 is 79.1 Å². The number of ether oxygens (including phenoxy) is 1. The van der Waals surface area contributed by atoms with E-state index in [4.69, 9.17) is 9.30 Å².